The molecule has 9 rings (SSSR count). The van der Waals surface area contributed by atoms with Gasteiger partial charge in [-0.3, -0.25) is 0 Å². The van der Waals surface area contributed by atoms with Gasteiger partial charge in [-0.2, -0.15) is 0 Å². The van der Waals surface area contributed by atoms with Crippen molar-refractivity contribution in [2.75, 3.05) is 0 Å². The van der Waals surface area contributed by atoms with Crippen LogP contribution in [0.5, 0.6) is 0 Å². The van der Waals surface area contributed by atoms with Gasteiger partial charge in [-0.1, -0.05) is 120 Å². The monoisotopic (exact) mass is 521 g/mol. The smallest absolute Gasteiger partial charge is 0.0709 e. The molecule has 0 amide bonds. The van der Waals surface area contributed by atoms with Crippen molar-refractivity contribution in [3.63, 3.8) is 0 Å². The van der Waals surface area contributed by atoms with Crippen molar-refractivity contribution >= 4 is 32.9 Å². The Morgan fingerprint density at radius 1 is 0.439 bits per heavy atom. The maximum absolute atomic E-state index is 5.19. The molecular weight excluding hydrogens is 496 g/mol. The zero-order chi connectivity index (χ0) is 26.9. The third kappa shape index (κ3) is 3.25. The highest BCUT2D eigenvalue weighted by atomic mass is 15.3. The van der Waals surface area contributed by atoms with E-state index in [2.05, 4.69) is 150 Å². The molecule has 1 atom stereocenters. The van der Waals surface area contributed by atoms with Gasteiger partial charge in [-0.15, -0.1) is 0 Å². The summed E-state index contributed by atoms with van der Waals surface area (Å²) in [5.41, 5.74) is 12.3. The predicted molar refractivity (Wildman–Crippen MR) is 168 cm³/mol. The van der Waals surface area contributed by atoms with E-state index in [4.69, 9.17) is 5.11 Å². The van der Waals surface area contributed by atoms with Crippen LogP contribution >= 0.6 is 0 Å². The highest BCUT2D eigenvalue weighted by Crippen LogP contribution is 2.54. The summed E-state index contributed by atoms with van der Waals surface area (Å²) < 4.78 is 2.27. The molecule has 2 heterocycles. The van der Waals surface area contributed by atoms with E-state index in [1.165, 1.54) is 71.7 Å². The fraction of sp³-hybridized carbons (Fsp3) is 0.0256. The van der Waals surface area contributed by atoms with Gasteiger partial charge in [0.1, 0.15) is 5.69 Å². The zero-order valence-electron chi connectivity index (χ0n) is 22.3. The molecule has 0 bridgehead atoms. The molecule has 7 aromatic rings. The van der Waals surface area contributed by atoms with Crippen LogP contribution in [0.1, 0.15) is 17.2 Å². The summed E-state index contributed by atoms with van der Waals surface area (Å²) in [7, 11) is 0. The summed E-state index contributed by atoms with van der Waals surface area (Å²) in [5, 5.41) is 10.2. The van der Waals surface area contributed by atoms with Crippen LogP contribution in [0.2, 0.25) is 0 Å². The van der Waals surface area contributed by atoms with Crippen LogP contribution in [0.4, 0.5) is 11.4 Å². The van der Waals surface area contributed by atoms with Crippen molar-refractivity contribution in [3.05, 3.63) is 157 Å². The third-order valence-corrected chi connectivity index (χ3v) is 8.78. The van der Waals surface area contributed by atoms with Crippen LogP contribution < -0.4 is 0 Å². The molecule has 0 saturated carbocycles. The van der Waals surface area contributed by atoms with E-state index in [0.29, 0.717) is 0 Å². The Bertz CT molecular complexity index is 2210. The number of hydrogen-bond donors (Lipinski definition) is 0. The molecule has 1 unspecified atom stereocenters. The molecule has 190 valence electrons. The second-order valence-electron chi connectivity index (χ2n) is 11.0. The fourth-order valence-electron chi connectivity index (χ4n) is 6.94. The maximum atomic E-state index is 5.19. The summed E-state index contributed by atoms with van der Waals surface area (Å²) in [6.07, 6.45) is 0. The lowest BCUT2D eigenvalue weighted by Crippen LogP contribution is -2.17. The molecule has 2 aliphatic heterocycles. The summed E-state index contributed by atoms with van der Waals surface area (Å²) >= 11 is 0. The maximum Gasteiger partial charge on any atom is 0.248 e. The highest BCUT2D eigenvalue weighted by molar-refractivity contribution is 6.05. The molecule has 41 heavy (non-hydrogen) atoms. The lowest BCUT2D eigenvalue weighted by Gasteiger charge is -2.23. The fourth-order valence-corrected chi connectivity index (χ4v) is 6.94. The highest BCUT2D eigenvalue weighted by Gasteiger charge is 2.45. The summed E-state index contributed by atoms with van der Waals surface area (Å²) in [6.45, 7) is 0. The molecule has 0 spiro atoms. The molecule has 2 aliphatic rings. The van der Waals surface area contributed by atoms with E-state index in [0.717, 1.165) is 5.69 Å². The molecule has 2 heteroatoms. The summed E-state index contributed by atoms with van der Waals surface area (Å²) in [4.78, 5) is 0. The van der Waals surface area contributed by atoms with Crippen molar-refractivity contribution in [2.45, 2.75) is 6.04 Å². The first kappa shape index (κ1) is 22.5. The van der Waals surface area contributed by atoms with Crippen molar-refractivity contribution in [2.24, 2.45) is 5.11 Å². The molecule has 0 N–H and O–H groups in total. The van der Waals surface area contributed by atoms with Gasteiger partial charge < -0.3 is 0 Å². The van der Waals surface area contributed by atoms with Crippen LogP contribution in [0.3, 0.4) is 0 Å². The Morgan fingerprint density at radius 2 is 1.07 bits per heavy atom. The third-order valence-electron chi connectivity index (χ3n) is 8.78. The minimum absolute atomic E-state index is 0.0364. The predicted octanol–water partition coefficient (Wildman–Crippen LogP) is 10.8. The number of hydrogen-bond acceptors (Lipinski definition) is 1. The van der Waals surface area contributed by atoms with Crippen LogP contribution in [0, 0.1) is 0 Å². The van der Waals surface area contributed by atoms with E-state index >= 15 is 0 Å². The number of rotatable bonds is 2. The van der Waals surface area contributed by atoms with E-state index < -0.39 is 0 Å². The average Bonchev–Trinajstić information content (AvgIpc) is 3.44. The first-order valence-corrected chi connectivity index (χ1v) is 14.2. The van der Waals surface area contributed by atoms with Crippen molar-refractivity contribution < 1.29 is 4.70 Å². The van der Waals surface area contributed by atoms with Crippen LogP contribution in [-0.4, -0.2) is 4.70 Å². The van der Waals surface area contributed by atoms with Gasteiger partial charge in [-0.25, -0.2) is 0 Å². The number of nitrogens with zero attached hydrogens (tertiary/aromatic N) is 2. The summed E-state index contributed by atoms with van der Waals surface area (Å²) in [6, 6.07) is 52.9. The second kappa shape index (κ2) is 8.58. The van der Waals surface area contributed by atoms with Crippen LogP contribution in [0.25, 0.3) is 54.9 Å². The molecule has 0 radical (unpaired) electrons. The quantitative estimate of drug-likeness (QED) is 0.201. The molecule has 0 saturated heterocycles. The van der Waals surface area contributed by atoms with E-state index in [-0.39, 0.29) is 6.04 Å². The van der Waals surface area contributed by atoms with Gasteiger partial charge in [0.2, 0.25) is 11.7 Å². The number of benzene rings is 7. The van der Waals surface area contributed by atoms with Gasteiger partial charge in [0.25, 0.3) is 0 Å². The van der Waals surface area contributed by atoms with Crippen LogP contribution in [-0.2, 0) is 0 Å². The topological polar surface area (TPSA) is 15.4 Å². The second-order valence-corrected chi connectivity index (χ2v) is 11.0. The summed E-state index contributed by atoms with van der Waals surface area (Å²) in [5.74, 6) is 0. The normalized spacial score (nSPS) is 14.7. The van der Waals surface area contributed by atoms with E-state index in [9.17, 15) is 0 Å². The van der Waals surface area contributed by atoms with Crippen molar-refractivity contribution in [1.29, 1.82) is 0 Å². The van der Waals surface area contributed by atoms with E-state index in [1.54, 1.807) is 0 Å². The first-order chi connectivity index (χ1) is 20.3. The molecular formula is C39H25N2+. The SMILES string of the molecule is c1ccc(-c2ccc(-c3ccc4c(c3)C3c5ccccc5N=[N+]3c3c-4ccc4ccccc34)c3ccccc23)cc1. The molecule has 0 fully saturated rings. The van der Waals surface area contributed by atoms with Gasteiger partial charge in [0.15, 0.2) is 0 Å². The van der Waals surface area contributed by atoms with Crippen molar-refractivity contribution in [3.8, 4) is 33.4 Å². The lowest BCUT2D eigenvalue weighted by molar-refractivity contribution is -0.535. The van der Waals surface area contributed by atoms with E-state index in [1.807, 2.05) is 0 Å². The van der Waals surface area contributed by atoms with Gasteiger partial charge in [0, 0.05) is 10.7 Å². The lowest BCUT2D eigenvalue weighted by atomic mass is 9.83. The largest absolute Gasteiger partial charge is 0.248 e. The number of fused-ring (bicyclic) bond motifs is 11. The first-order valence-electron chi connectivity index (χ1n) is 14.2. The molecule has 2 nitrogen and oxygen atoms in total. The van der Waals surface area contributed by atoms with Gasteiger partial charge in [0.05, 0.1) is 16.5 Å². The molecule has 7 aromatic carbocycles. The Hall–Kier alpha value is -5.34. The van der Waals surface area contributed by atoms with Crippen molar-refractivity contribution in [1.82, 2.24) is 0 Å². The minimum atomic E-state index is 0.0364. The Labute approximate surface area is 238 Å². The Morgan fingerprint density at radius 3 is 1.90 bits per heavy atom. The van der Waals surface area contributed by atoms with Crippen LogP contribution in [0.15, 0.2) is 151 Å². The Balaban J connectivity index is 1.30. The minimum Gasteiger partial charge on any atom is -0.0709 e. The van der Waals surface area contributed by atoms with Gasteiger partial charge >= 0.3 is 0 Å². The molecule has 0 aliphatic carbocycles. The average molecular weight is 522 g/mol. The zero-order valence-corrected chi connectivity index (χ0v) is 22.3. The Kier molecular flexibility index (Phi) is 4.70. The standard InChI is InChI=1S/C39H25N2/c1-2-10-25(11-3-1)28-22-23-29(32-15-7-6-14-31(28)32)27-19-20-33-34-21-18-26-12-4-5-13-30(26)38(34)41-39(36(33)24-27)35-16-8-9-17-37(35)40-41/h1-24,39H/q+1. The van der Waals surface area contributed by atoms with Gasteiger partial charge in [-0.05, 0) is 74.3 Å². The molecule has 0 aromatic heterocycles. The number of azo groups is 2.